The number of nitriles is 1. The first-order valence-corrected chi connectivity index (χ1v) is 8.82. The van der Waals surface area contributed by atoms with Crippen molar-refractivity contribution < 1.29 is 9.53 Å². The molecule has 7 heteroatoms. The molecular weight excluding hydrogens is 352 g/mol. The molecule has 2 amide bonds. The highest BCUT2D eigenvalue weighted by Gasteiger charge is 2.24. The molecule has 0 unspecified atom stereocenters. The van der Waals surface area contributed by atoms with E-state index in [0.717, 1.165) is 18.4 Å². The Kier molecular flexibility index (Phi) is 5.92. The Labute approximate surface area is 157 Å². The lowest BCUT2D eigenvalue weighted by atomic mass is 10.1. The van der Waals surface area contributed by atoms with E-state index in [4.69, 9.17) is 21.6 Å². The molecule has 26 heavy (non-hydrogen) atoms. The molecule has 0 saturated carbocycles. The van der Waals surface area contributed by atoms with Crippen molar-refractivity contribution in [2.24, 2.45) is 0 Å². The second-order valence-electron chi connectivity index (χ2n) is 6.09. The minimum Gasteiger partial charge on any atom is -0.474 e. The van der Waals surface area contributed by atoms with E-state index in [0.29, 0.717) is 36.1 Å². The number of hydrogen-bond acceptors (Lipinski definition) is 4. The molecular formula is C19H19ClN4O2. The SMILES string of the molecule is N#Cc1ccc(OC2CCN(C(=O)NCc3ccc(Cl)cc3)CC2)nc1. The van der Waals surface area contributed by atoms with Crippen LogP contribution in [0.1, 0.15) is 24.0 Å². The number of carbonyl (C=O) groups is 1. The molecule has 1 aliphatic rings. The van der Waals surface area contributed by atoms with Crippen molar-refractivity contribution in [1.29, 1.82) is 5.26 Å². The second-order valence-corrected chi connectivity index (χ2v) is 6.52. The summed E-state index contributed by atoms with van der Waals surface area (Å²) in [6.45, 7) is 1.74. The number of hydrogen-bond donors (Lipinski definition) is 1. The van der Waals surface area contributed by atoms with Gasteiger partial charge in [-0.25, -0.2) is 9.78 Å². The Morgan fingerprint density at radius 2 is 2.00 bits per heavy atom. The minimum absolute atomic E-state index is 0.0238. The van der Waals surface area contributed by atoms with Gasteiger partial charge in [-0.1, -0.05) is 23.7 Å². The number of rotatable bonds is 4. The van der Waals surface area contributed by atoms with Gasteiger partial charge in [0.05, 0.1) is 5.56 Å². The zero-order chi connectivity index (χ0) is 18.4. The second kappa shape index (κ2) is 8.54. The molecule has 134 valence electrons. The minimum atomic E-state index is -0.0742. The van der Waals surface area contributed by atoms with Crippen LogP contribution in [0.4, 0.5) is 4.79 Å². The number of piperidine rings is 1. The highest BCUT2D eigenvalue weighted by atomic mass is 35.5. The molecule has 3 rings (SSSR count). The fraction of sp³-hybridized carbons (Fsp3) is 0.316. The Bertz CT molecular complexity index is 779. The summed E-state index contributed by atoms with van der Waals surface area (Å²) >= 11 is 5.86. The van der Waals surface area contributed by atoms with E-state index in [1.165, 1.54) is 6.20 Å². The summed E-state index contributed by atoms with van der Waals surface area (Å²) in [5.74, 6) is 0.509. The van der Waals surface area contributed by atoms with Crippen molar-refractivity contribution in [3.05, 3.63) is 58.7 Å². The third kappa shape index (κ3) is 4.87. The van der Waals surface area contributed by atoms with Crippen LogP contribution in [-0.4, -0.2) is 35.1 Å². The average Bonchev–Trinajstić information content (AvgIpc) is 2.68. The van der Waals surface area contributed by atoms with Crippen molar-refractivity contribution in [1.82, 2.24) is 15.2 Å². The van der Waals surface area contributed by atoms with Crippen LogP contribution in [0.25, 0.3) is 0 Å². The van der Waals surface area contributed by atoms with Crippen LogP contribution in [0.5, 0.6) is 5.88 Å². The maximum atomic E-state index is 12.3. The van der Waals surface area contributed by atoms with E-state index in [2.05, 4.69) is 10.3 Å². The number of likely N-dealkylation sites (tertiary alicyclic amines) is 1. The van der Waals surface area contributed by atoms with E-state index in [9.17, 15) is 4.79 Å². The number of benzene rings is 1. The molecule has 2 aromatic rings. The maximum absolute atomic E-state index is 12.3. The van der Waals surface area contributed by atoms with Crippen LogP contribution in [-0.2, 0) is 6.54 Å². The zero-order valence-electron chi connectivity index (χ0n) is 14.2. The summed E-state index contributed by atoms with van der Waals surface area (Å²) in [5.41, 5.74) is 1.51. The summed E-state index contributed by atoms with van der Waals surface area (Å²) in [6.07, 6.45) is 3.01. The molecule has 0 bridgehead atoms. The molecule has 0 atom stereocenters. The lowest BCUT2D eigenvalue weighted by molar-refractivity contribution is 0.107. The van der Waals surface area contributed by atoms with Gasteiger partial charge >= 0.3 is 6.03 Å². The van der Waals surface area contributed by atoms with Gasteiger partial charge in [0.1, 0.15) is 12.2 Å². The number of nitrogens with one attached hydrogen (secondary N) is 1. The molecule has 1 N–H and O–H groups in total. The van der Waals surface area contributed by atoms with Crippen LogP contribution in [0.2, 0.25) is 5.02 Å². The van der Waals surface area contributed by atoms with E-state index >= 15 is 0 Å². The van der Waals surface area contributed by atoms with Crippen molar-refractivity contribution in [2.75, 3.05) is 13.1 Å². The fourth-order valence-electron chi connectivity index (χ4n) is 2.76. The molecule has 1 aromatic heterocycles. The first-order valence-electron chi connectivity index (χ1n) is 8.44. The molecule has 1 aliphatic heterocycles. The highest BCUT2D eigenvalue weighted by molar-refractivity contribution is 6.30. The van der Waals surface area contributed by atoms with Crippen molar-refractivity contribution in [2.45, 2.75) is 25.5 Å². The van der Waals surface area contributed by atoms with E-state index in [-0.39, 0.29) is 12.1 Å². The summed E-state index contributed by atoms with van der Waals surface area (Å²) in [4.78, 5) is 18.2. The Balaban J connectivity index is 1.43. The maximum Gasteiger partial charge on any atom is 0.317 e. The molecule has 2 heterocycles. The van der Waals surface area contributed by atoms with Gasteiger partial charge in [0, 0.05) is 49.8 Å². The number of nitrogens with zero attached hydrogens (tertiary/aromatic N) is 3. The average molecular weight is 371 g/mol. The smallest absolute Gasteiger partial charge is 0.317 e. The normalized spacial score (nSPS) is 14.5. The lowest BCUT2D eigenvalue weighted by Crippen LogP contribution is -2.46. The number of aromatic nitrogens is 1. The highest BCUT2D eigenvalue weighted by Crippen LogP contribution is 2.17. The molecule has 6 nitrogen and oxygen atoms in total. The standard InChI is InChI=1S/C19H19ClN4O2/c20-16-4-1-14(2-5-16)12-23-19(25)24-9-7-17(8-10-24)26-18-6-3-15(11-21)13-22-18/h1-6,13,17H,7-10,12H2,(H,23,25). The van der Waals surface area contributed by atoms with Crippen LogP contribution in [0.15, 0.2) is 42.6 Å². The summed E-state index contributed by atoms with van der Waals surface area (Å²) in [7, 11) is 0. The van der Waals surface area contributed by atoms with Gasteiger partial charge in [-0.2, -0.15) is 5.26 Å². The van der Waals surface area contributed by atoms with Crippen LogP contribution < -0.4 is 10.1 Å². The fourth-order valence-corrected chi connectivity index (χ4v) is 2.88. The number of urea groups is 1. The number of amides is 2. The quantitative estimate of drug-likeness (QED) is 0.895. The molecule has 0 aliphatic carbocycles. The summed E-state index contributed by atoms with van der Waals surface area (Å²) in [5, 5.41) is 12.4. The van der Waals surface area contributed by atoms with Gasteiger partial charge in [-0.15, -0.1) is 0 Å². The Morgan fingerprint density at radius 1 is 1.27 bits per heavy atom. The third-order valence-corrected chi connectivity index (χ3v) is 4.49. The lowest BCUT2D eigenvalue weighted by Gasteiger charge is -2.32. The van der Waals surface area contributed by atoms with Gasteiger partial charge < -0.3 is 15.0 Å². The zero-order valence-corrected chi connectivity index (χ0v) is 14.9. The van der Waals surface area contributed by atoms with Gasteiger partial charge in [0.15, 0.2) is 0 Å². The molecule has 0 spiro atoms. The van der Waals surface area contributed by atoms with E-state index in [1.807, 2.05) is 30.3 Å². The van der Waals surface area contributed by atoms with Crippen LogP contribution in [0, 0.1) is 11.3 Å². The van der Waals surface area contributed by atoms with Gasteiger partial charge in [-0.3, -0.25) is 0 Å². The number of carbonyl (C=O) groups excluding carboxylic acids is 1. The van der Waals surface area contributed by atoms with Crippen molar-refractivity contribution in [3.8, 4) is 11.9 Å². The van der Waals surface area contributed by atoms with E-state index < -0.39 is 0 Å². The number of halogens is 1. The first kappa shape index (κ1) is 18.0. The molecule has 1 fully saturated rings. The Hall–Kier alpha value is -2.78. The number of ether oxygens (including phenoxy) is 1. The molecule has 1 saturated heterocycles. The van der Waals surface area contributed by atoms with Crippen molar-refractivity contribution in [3.63, 3.8) is 0 Å². The van der Waals surface area contributed by atoms with Crippen LogP contribution >= 0.6 is 11.6 Å². The van der Waals surface area contributed by atoms with Gasteiger partial charge in [0.25, 0.3) is 0 Å². The number of pyridine rings is 1. The monoisotopic (exact) mass is 370 g/mol. The topological polar surface area (TPSA) is 78.2 Å². The summed E-state index contributed by atoms with van der Waals surface area (Å²) in [6, 6.07) is 12.7. The predicted molar refractivity (Wildman–Crippen MR) is 97.9 cm³/mol. The Morgan fingerprint density at radius 3 is 2.62 bits per heavy atom. The van der Waals surface area contributed by atoms with Crippen LogP contribution in [0.3, 0.4) is 0 Å². The third-order valence-electron chi connectivity index (χ3n) is 4.24. The van der Waals surface area contributed by atoms with Gasteiger partial charge in [-0.05, 0) is 23.8 Å². The predicted octanol–water partition coefficient (Wildman–Crippen LogP) is 3.36. The summed E-state index contributed by atoms with van der Waals surface area (Å²) < 4.78 is 5.83. The van der Waals surface area contributed by atoms with E-state index in [1.54, 1.807) is 17.0 Å². The van der Waals surface area contributed by atoms with Crippen molar-refractivity contribution >= 4 is 17.6 Å². The molecule has 0 radical (unpaired) electrons. The van der Waals surface area contributed by atoms with Gasteiger partial charge in [0.2, 0.25) is 5.88 Å². The first-order chi connectivity index (χ1) is 12.6. The largest absolute Gasteiger partial charge is 0.474 e. The molecule has 1 aromatic carbocycles.